The van der Waals surface area contributed by atoms with E-state index in [2.05, 4.69) is 0 Å². The molecule has 0 saturated carbocycles. The van der Waals surface area contributed by atoms with Gasteiger partial charge in [-0.3, -0.25) is 0 Å². The Labute approximate surface area is 83.7 Å². The standard InChI is InChI=1S/C11H13ClO/c1-2-3-8-11(13)9-6-4-5-7-10(9)12/h2-7,11,13H,8H2,1H3/b3-2+. The average Bonchev–Trinajstić information content (AvgIpc) is 2.15. The van der Waals surface area contributed by atoms with Crippen LogP contribution in [0.5, 0.6) is 0 Å². The molecule has 0 amide bonds. The molecule has 1 aromatic carbocycles. The lowest BCUT2D eigenvalue weighted by Gasteiger charge is -2.09. The maximum atomic E-state index is 9.70. The Morgan fingerprint density at radius 2 is 2.15 bits per heavy atom. The summed E-state index contributed by atoms with van der Waals surface area (Å²) in [6.07, 6.45) is 3.96. The highest BCUT2D eigenvalue weighted by molar-refractivity contribution is 6.31. The van der Waals surface area contributed by atoms with E-state index in [0.29, 0.717) is 11.4 Å². The molecule has 1 rings (SSSR count). The Morgan fingerprint density at radius 3 is 2.77 bits per heavy atom. The van der Waals surface area contributed by atoms with Crippen LogP contribution in [-0.2, 0) is 0 Å². The SMILES string of the molecule is C/C=C/CC(O)c1ccccc1Cl. The molecule has 0 saturated heterocycles. The summed E-state index contributed by atoms with van der Waals surface area (Å²) < 4.78 is 0. The number of halogens is 1. The highest BCUT2D eigenvalue weighted by Crippen LogP contribution is 2.24. The second-order valence-corrected chi connectivity index (χ2v) is 3.25. The van der Waals surface area contributed by atoms with Crippen molar-refractivity contribution in [3.8, 4) is 0 Å². The molecular weight excluding hydrogens is 184 g/mol. The van der Waals surface area contributed by atoms with Crippen molar-refractivity contribution in [2.75, 3.05) is 0 Å². The number of benzene rings is 1. The fourth-order valence-electron chi connectivity index (χ4n) is 1.14. The monoisotopic (exact) mass is 196 g/mol. The van der Waals surface area contributed by atoms with Crippen molar-refractivity contribution in [3.05, 3.63) is 47.0 Å². The number of allylic oxidation sites excluding steroid dienone is 1. The van der Waals surface area contributed by atoms with Gasteiger partial charge in [-0.05, 0) is 25.0 Å². The van der Waals surface area contributed by atoms with Crippen LogP contribution in [0.15, 0.2) is 36.4 Å². The molecule has 0 radical (unpaired) electrons. The first-order chi connectivity index (χ1) is 6.25. The van der Waals surface area contributed by atoms with Crippen molar-refractivity contribution in [2.24, 2.45) is 0 Å². The van der Waals surface area contributed by atoms with E-state index in [1.807, 2.05) is 37.3 Å². The number of hydrogen-bond donors (Lipinski definition) is 1. The Morgan fingerprint density at radius 1 is 1.46 bits per heavy atom. The summed E-state index contributed by atoms with van der Waals surface area (Å²) >= 11 is 5.91. The van der Waals surface area contributed by atoms with E-state index >= 15 is 0 Å². The third-order valence-corrected chi connectivity index (χ3v) is 2.20. The van der Waals surface area contributed by atoms with Gasteiger partial charge < -0.3 is 5.11 Å². The third-order valence-electron chi connectivity index (χ3n) is 1.86. The molecule has 1 nitrogen and oxygen atoms in total. The van der Waals surface area contributed by atoms with E-state index < -0.39 is 6.10 Å². The van der Waals surface area contributed by atoms with E-state index in [0.717, 1.165) is 5.56 Å². The predicted molar refractivity (Wildman–Crippen MR) is 55.8 cm³/mol. The first-order valence-electron chi connectivity index (χ1n) is 4.29. The van der Waals surface area contributed by atoms with Crippen LogP contribution in [0.3, 0.4) is 0 Å². The lowest BCUT2D eigenvalue weighted by atomic mass is 10.1. The molecule has 0 aromatic heterocycles. The van der Waals surface area contributed by atoms with Crippen LogP contribution in [0, 0.1) is 0 Å². The first kappa shape index (κ1) is 10.3. The maximum absolute atomic E-state index is 9.70. The summed E-state index contributed by atoms with van der Waals surface area (Å²) in [6.45, 7) is 1.93. The van der Waals surface area contributed by atoms with Gasteiger partial charge >= 0.3 is 0 Å². The molecule has 0 aliphatic carbocycles. The minimum atomic E-state index is -0.495. The molecule has 1 N–H and O–H groups in total. The van der Waals surface area contributed by atoms with Gasteiger partial charge in [0.15, 0.2) is 0 Å². The van der Waals surface area contributed by atoms with Gasteiger partial charge in [-0.15, -0.1) is 0 Å². The van der Waals surface area contributed by atoms with Crippen LogP contribution in [0.25, 0.3) is 0 Å². The van der Waals surface area contributed by atoms with E-state index in [1.54, 1.807) is 6.07 Å². The molecule has 0 heterocycles. The fourth-order valence-corrected chi connectivity index (χ4v) is 1.40. The van der Waals surface area contributed by atoms with E-state index in [9.17, 15) is 5.11 Å². The summed E-state index contributed by atoms with van der Waals surface area (Å²) in [7, 11) is 0. The minimum Gasteiger partial charge on any atom is -0.388 e. The van der Waals surface area contributed by atoms with Gasteiger partial charge in [-0.25, -0.2) is 0 Å². The quantitative estimate of drug-likeness (QED) is 0.736. The Bertz CT molecular complexity index is 294. The van der Waals surface area contributed by atoms with Crippen LogP contribution >= 0.6 is 11.6 Å². The number of hydrogen-bond acceptors (Lipinski definition) is 1. The molecule has 1 atom stereocenters. The normalized spacial score (nSPS) is 13.5. The van der Waals surface area contributed by atoms with Gasteiger partial charge in [0, 0.05) is 5.02 Å². The summed E-state index contributed by atoms with van der Waals surface area (Å²) in [5.41, 5.74) is 0.794. The molecule has 13 heavy (non-hydrogen) atoms. The summed E-state index contributed by atoms with van der Waals surface area (Å²) in [4.78, 5) is 0. The molecule has 0 aliphatic heterocycles. The van der Waals surface area contributed by atoms with Crippen molar-refractivity contribution in [3.63, 3.8) is 0 Å². The van der Waals surface area contributed by atoms with Gasteiger partial charge in [0.25, 0.3) is 0 Å². The lowest BCUT2D eigenvalue weighted by molar-refractivity contribution is 0.181. The minimum absolute atomic E-state index is 0.495. The van der Waals surface area contributed by atoms with E-state index in [-0.39, 0.29) is 0 Å². The van der Waals surface area contributed by atoms with Crippen molar-refractivity contribution in [1.82, 2.24) is 0 Å². The summed E-state index contributed by atoms with van der Waals surface area (Å²) in [6, 6.07) is 7.36. The smallest absolute Gasteiger partial charge is 0.0838 e. The maximum Gasteiger partial charge on any atom is 0.0838 e. The largest absolute Gasteiger partial charge is 0.388 e. The van der Waals surface area contributed by atoms with Crippen molar-refractivity contribution in [1.29, 1.82) is 0 Å². The zero-order valence-corrected chi connectivity index (χ0v) is 8.33. The Kier molecular flexibility index (Phi) is 4.00. The van der Waals surface area contributed by atoms with Crippen LogP contribution < -0.4 is 0 Å². The molecule has 0 aliphatic rings. The van der Waals surface area contributed by atoms with Gasteiger partial charge in [0.2, 0.25) is 0 Å². The highest BCUT2D eigenvalue weighted by atomic mass is 35.5. The van der Waals surface area contributed by atoms with Crippen molar-refractivity contribution >= 4 is 11.6 Å². The zero-order chi connectivity index (χ0) is 9.68. The van der Waals surface area contributed by atoms with E-state index in [4.69, 9.17) is 11.6 Å². The van der Waals surface area contributed by atoms with Gasteiger partial charge in [-0.1, -0.05) is 42.0 Å². The molecule has 1 aromatic rings. The molecule has 0 fully saturated rings. The third kappa shape index (κ3) is 2.87. The number of rotatable bonds is 3. The molecule has 2 heteroatoms. The topological polar surface area (TPSA) is 20.2 Å². The average molecular weight is 197 g/mol. The first-order valence-corrected chi connectivity index (χ1v) is 4.67. The number of aliphatic hydroxyl groups excluding tert-OH is 1. The molecule has 70 valence electrons. The van der Waals surface area contributed by atoms with Gasteiger partial charge in [0.1, 0.15) is 0 Å². The van der Waals surface area contributed by atoms with E-state index in [1.165, 1.54) is 0 Å². The summed E-state index contributed by atoms with van der Waals surface area (Å²) in [5, 5.41) is 10.3. The zero-order valence-electron chi connectivity index (χ0n) is 7.57. The van der Waals surface area contributed by atoms with Crippen molar-refractivity contribution in [2.45, 2.75) is 19.4 Å². The predicted octanol–water partition coefficient (Wildman–Crippen LogP) is 3.34. The molecule has 0 bridgehead atoms. The number of aliphatic hydroxyl groups is 1. The second kappa shape index (κ2) is 5.05. The molecule has 0 spiro atoms. The highest BCUT2D eigenvalue weighted by Gasteiger charge is 2.08. The van der Waals surface area contributed by atoms with Crippen LogP contribution in [0.4, 0.5) is 0 Å². The second-order valence-electron chi connectivity index (χ2n) is 2.84. The summed E-state index contributed by atoms with van der Waals surface area (Å²) in [5.74, 6) is 0. The molecule has 1 unspecified atom stereocenters. The van der Waals surface area contributed by atoms with Gasteiger partial charge in [0.05, 0.1) is 6.10 Å². The van der Waals surface area contributed by atoms with Crippen LogP contribution in [0.1, 0.15) is 25.0 Å². The lowest BCUT2D eigenvalue weighted by Crippen LogP contribution is -1.95. The fraction of sp³-hybridized carbons (Fsp3) is 0.273. The van der Waals surface area contributed by atoms with Crippen LogP contribution in [0.2, 0.25) is 5.02 Å². The molecular formula is C11H13ClO. The van der Waals surface area contributed by atoms with Gasteiger partial charge in [-0.2, -0.15) is 0 Å². The Hall–Kier alpha value is -0.790. The van der Waals surface area contributed by atoms with Crippen LogP contribution in [-0.4, -0.2) is 5.11 Å². The Balaban J connectivity index is 2.76. The van der Waals surface area contributed by atoms with Crippen molar-refractivity contribution < 1.29 is 5.11 Å².